The van der Waals surface area contributed by atoms with Crippen LogP contribution in [0.1, 0.15) is 99.8 Å². The van der Waals surface area contributed by atoms with Crippen LogP contribution < -0.4 is 0 Å². The van der Waals surface area contributed by atoms with Crippen molar-refractivity contribution in [2.75, 3.05) is 6.61 Å². The third kappa shape index (κ3) is 2.85. The number of rotatable bonds is 1. The van der Waals surface area contributed by atoms with Crippen molar-refractivity contribution in [3.05, 3.63) is 23.3 Å². The molecule has 0 aromatic rings. The second-order valence-corrected chi connectivity index (χ2v) is 14.7. The zero-order valence-electron chi connectivity index (χ0n) is 22.2. The molecular formula is C30H48O3. The van der Waals surface area contributed by atoms with Crippen molar-refractivity contribution in [1.29, 1.82) is 0 Å². The number of aliphatic hydroxyl groups is 3. The van der Waals surface area contributed by atoms with E-state index >= 15 is 0 Å². The Morgan fingerprint density at radius 2 is 1.48 bits per heavy atom. The highest BCUT2D eigenvalue weighted by molar-refractivity contribution is 5.45. The van der Waals surface area contributed by atoms with Crippen LogP contribution in [0.5, 0.6) is 0 Å². The molecule has 3 nitrogen and oxygen atoms in total. The molecule has 5 aliphatic rings. The van der Waals surface area contributed by atoms with Gasteiger partial charge in [-0.25, -0.2) is 0 Å². The Labute approximate surface area is 201 Å². The molecule has 5 rings (SSSR count). The first-order valence-electron chi connectivity index (χ1n) is 13.6. The molecule has 0 spiro atoms. The zero-order valence-corrected chi connectivity index (χ0v) is 22.2. The van der Waals surface area contributed by atoms with Crippen LogP contribution in [0.25, 0.3) is 0 Å². The molecule has 9 unspecified atom stereocenters. The maximum atomic E-state index is 11.0. The van der Waals surface area contributed by atoms with Gasteiger partial charge < -0.3 is 15.3 Å². The summed E-state index contributed by atoms with van der Waals surface area (Å²) in [5, 5.41) is 32.0. The summed E-state index contributed by atoms with van der Waals surface area (Å²) in [5.41, 5.74) is 3.27. The Hall–Kier alpha value is -0.640. The minimum atomic E-state index is -0.427. The van der Waals surface area contributed by atoms with Crippen LogP contribution in [0, 0.1) is 44.3 Å². The van der Waals surface area contributed by atoms with Crippen molar-refractivity contribution in [2.24, 2.45) is 44.3 Å². The van der Waals surface area contributed by atoms with Crippen LogP contribution in [0.15, 0.2) is 23.3 Å². The van der Waals surface area contributed by atoms with Gasteiger partial charge in [0, 0.05) is 5.41 Å². The summed E-state index contributed by atoms with van der Waals surface area (Å²) in [6.07, 6.45) is 12.7. The lowest BCUT2D eigenvalue weighted by Crippen LogP contribution is -2.61. The molecule has 0 aromatic carbocycles. The molecule has 3 N–H and O–H groups in total. The van der Waals surface area contributed by atoms with Gasteiger partial charge in [0.15, 0.2) is 0 Å². The fourth-order valence-corrected chi connectivity index (χ4v) is 9.94. The Morgan fingerprint density at radius 1 is 0.788 bits per heavy atom. The van der Waals surface area contributed by atoms with Gasteiger partial charge in [-0.15, -0.1) is 0 Å². The average molecular weight is 457 g/mol. The number of hydrogen-bond acceptors (Lipinski definition) is 3. The Kier molecular flexibility index (Phi) is 5.09. The van der Waals surface area contributed by atoms with Crippen molar-refractivity contribution in [2.45, 2.75) is 112 Å². The SMILES string of the molecule is CC1(CO)CC2C3=CC=C4C5(C)CCC(O)C(C)(C)C5CCC4(C)C3(C)CCC2(C)CC1O. The quantitative estimate of drug-likeness (QED) is 0.451. The van der Waals surface area contributed by atoms with E-state index in [0.29, 0.717) is 11.8 Å². The minimum Gasteiger partial charge on any atom is -0.396 e. The highest BCUT2D eigenvalue weighted by Gasteiger charge is 2.66. The first-order valence-corrected chi connectivity index (χ1v) is 13.6. The number of fused-ring (bicyclic) bond motifs is 7. The van der Waals surface area contributed by atoms with Crippen LogP contribution in [0.2, 0.25) is 0 Å². The second kappa shape index (κ2) is 6.98. The summed E-state index contributed by atoms with van der Waals surface area (Å²) in [7, 11) is 0. The highest BCUT2D eigenvalue weighted by atomic mass is 16.3. The van der Waals surface area contributed by atoms with Crippen molar-refractivity contribution < 1.29 is 15.3 Å². The van der Waals surface area contributed by atoms with Gasteiger partial charge >= 0.3 is 0 Å². The minimum absolute atomic E-state index is 0.0480. The van der Waals surface area contributed by atoms with E-state index < -0.39 is 11.5 Å². The molecule has 186 valence electrons. The smallest absolute Gasteiger partial charge is 0.0621 e. The van der Waals surface area contributed by atoms with Gasteiger partial charge in [0.2, 0.25) is 0 Å². The zero-order chi connectivity index (χ0) is 24.2. The third-order valence-electron chi connectivity index (χ3n) is 12.8. The first kappa shape index (κ1) is 24.1. The molecule has 0 saturated heterocycles. The molecule has 0 aliphatic heterocycles. The largest absolute Gasteiger partial charge is 0.396 e. The van der Waals surface area contributed by atoms with E-state index in [2.05, 4.69) is 60.6 Å². The average Bonchev–Trinajstić information content (AvgIpc) is 2.73. The molecule has 4 saturated carbocycles. The molecule has 9 atom stereocenters. The summed E-state index contributed by atoms with van der Waals surface area (Å²) in [6, 6.07) is 0. The maximum absolute atomic E-state index is 11.0. The Bertz CT molecular complexity index is 902. The van der Waals surface area contributed by atoms with Crippen LogP contribution in [0.3, 0.4) is 0 Å². The molecular weight excluding hydrogens is 408 g/mol. The third-order valence-corrected chi connectivity index (χ3v) is 12.8. The second-order valence-electron chi connectivity index (χ2n) is 14.7. The molecule has 5 aliphatic carbocycles. The Morgan fingerprint density at radius 3 is 2.15 bits per heavy atom. The molecule has 0 radical (unpaired) electrons. The fraction of sp³-hybridized carbons (Fsp3) is 0.867. The van der Waals surface area contributed by atoms with Crippen LogP contribution >= 0.6 is 0 Å². The monoisotopic (exact) mass is 456 g/mol. The van der Waals surface area contributed by atoms with Crippen LogP contribution in [-0.2, 0) is 0 Å². The van der Waals surface area contributed by atoms with Crippen molar-refractivity contribution in [1.82, 2.24) is 0 Å². The molecule has 3 heteroatoms. The highest BCUT2D eigenvalue weighted by Crippen LogP contribution is 2.74. The van der Waals surface area contributed by atoms with Crippen molar-refractivity contribution >= 4 is 0 Å². The lowest BCUT2D eigenvalue weighted by molar-refractivity contribution is -0.138. The van der Waals surface area contributed by atoms with Gasteiger partial charge in [-0.05, 0) is 90.3 Å². The van der Waals surface area contributed by atoms with Gasteiger partial charge in [-0.2, -0.15) is 0 Å². The van der Waals surface area contributed by atoms with Gasteiger partial charge in [0.05, 0.1) is 18.8 Å². The normalized spacial score (nSPS) is 55.3. The van der Waals surface area contributed by atoms with Crippen molar-refractivity contribution in [3.63, 3.8) is 0 Å². The van der Waals surface area contributed by atoms with Crippen molar-refractivity contribution in [3.8, 4) is 0 Å². The fourth-order valence-electron chi connectivity index (χ4n) is 9.94. The summed E-state index contributed by atoms with van der Waals surface area (Å²) in [6.45, 7) is 16.7. The number of hydrogen-bond donors (Lipinski definition) is 3. The predicted octanol–water partition coefficient (Wildman–Crippen LogP) is 6.03. The number of aliphatic hydroxyl groups excluding tert-OH is 3. The van der Waals surface area contributed by atoms with Gasteiger partial charge in [-0.1, -0.05) is 71.8 Å². The summed E-state index contributed by atoms with van der Waals surface area (Å²) >= 11 is 0. The van der Waals surface area contributed by atoms with Crippen LogP contribution in [-0.4, -0.2) is 34.1 Å². The molecule has 0 bridgehead atoms. The lowest BCUT2D eigenvalue weighted by Gasteiger charge is -2.69. The van der Waals surface area contributed by atoms with E-state index in [0.717, 1.165) is 32.1 Å². The maximum Gasteiger partial charge on any atom is 0.0621 e. The molecule has 0 amide bonds. The van der Waals surface area contributed by atoms with Crippen LogP contribution in [0.4, 0.5) is 0 Å². The standard InChI is InChI=1S/C30H48O3/c1-25(2)21-10-13-30(7)22(28(21,5)12-11-23(25)32)9-8-19-20-16-27(4,18-31)24(33)17-26(20,3)14-15-29(19,30)6/h8-9,20-21,23-24,31-33H,10-18H2,1-7H3. The molecule has 33 heavy (non-hydrogen) atoms. The summed E-state index contributed by atoms with van der Waals surface area (Å²) < 4.78 is 0. The van der Waals surface area contributed by atoms with E-state index in [-0.39, 0.29) is 39.8 Å². The lowest BCUT2D eigenvalue weighted by atomic mass is 9.36. The predicted molar refractivity (Wildman–Crippen MR) is 133 cm³/mol. The topological polar surface area (TPSA) is 60.7 Å². The van der Waals surface area contributed by atoms with Gasteiger partial charge in [-0.3, -0.25) is 0 Å². The summed E-state index contributed by atoms with van der Waals surface area (Å²) in [4.78, 5) is 0. The summed E-state index contributed by atoms with van der Waals surface area (Å²) in [5.74, 6) is 0.935. The van der Waals surface area contributed by atoms with Gasteiger partial charge in [0.1, 0.15) is 0 Å². The van der Waals surface area contributed by atoms with Gasteiger partial charge in [0.25, 0.3) is 0 Å². The van der Waals surface area contributed by atoms with E-state index in [1.54, 1.807) is 11.1 Å². The first-order chi connectivity index (χ1) is 15.2. The molecule has 4 fully saturated rings. The van der Waals surface area contributed by atoms with E-state index in [1.165, 1.54) is 19.3 Å². The van der Waals surface area contributed by atoms with E-state index in [9.17, 15) is 15.3 Å². The number of allylic oxidation sites excluding steroid dienone is 4. The van der Waals surface area contributed by atoms with E-state index in [4.69, 9.17) is 0 Å². The molecule has 0 aromatic heterocycles. The Balaban J connectivity index is 1.62. The molecule has 0 heterocycles. The van der Waals surface area contributed by atoms with E-state index in [1.807, 2.05) is 0 Å².